The van der Waals surface area contributed by atoms with Crippen LogP contribution in [0.3, 0.4) is 0 Å². The second kappa shape index (κ2) is 9.90. The first-order valence-electron chi connectivity index (χ1n) is 10.8. The molecule has 2 heteroatoms. The molecule has 146 valence electrons. The van der Waals surface area contributed by atoms with Gasteiger partial charge in [-0.2, -0.15) is 0 Å². The summed E-state index contributed by atoms with van der Waals surface area (Å²) in [6, 6.07) is 0. The smallest absolute Gasteiger partial charge is 0.160 e. The highest BCUT2D eigenvalue weighted by Crippen LogP contribution is 2.33. The largest absolute Gasteiger partial charge is 0.352 e. The molecule has 0 aromatic heterocycles. The van der Waals surface area contributed by atoms with Crippen LogP contribution in [0, 0.1) is 35.5 Å². The summed E-state index contributed by atoms with van der Waals surface area (Å²) in [4.78, 5) is 0. The Morgan fingerprint density at radius 3 is 1.50 bits per heavy atom. The molecular formula is C24H38O2. The van der Waals surface area contributed by atoms with E-state index in [1.165, 1.54) is 12.8 Å². The zero-order chi connectivity index (χ0) is 18.4. The number of rotatable bonds is 7. The van der Waals surface area contributed by atoms with Crippen molar-refractivity contribution in [3.63, 3.8) is 0 Å². The number of ether oxygens (including phenoxy) is 2. The average molecular weight is 359 g/mol. The molecule has 0 aliphatic heterocycles. The van der Waals surface area contributed by atoms with Crippen LogP contribution in [0.5, 0.6) is 0 Å². The molecule has 0 aromatic rings. The Balaban J connectivity index is 1.58. The number of hydrogen-bond acceptors (Lipinski definition) is 2. The van der Waals surface area contributed by atoms with Crippen LogP contribution < -0.4 is 0 Å². The van der Waals surface area contributed by atoms with Gasteiger partial charge in [0.15, 0.2) is 6.29 Å². The lowest BCUT2D eigenvalue weighted by Gasteiger charge is -2.36. The molecule has 2 nitrogen and oxygen atoms in total. The van der Waals surface area contributed by atoms with E-state index in [4.69, 9.17) is 9.47 Å². The van der Waals surface area contributed by atoms with Crippen molar-refractivity contribution in [3.05, 3.63) is 36.5 Å². The van der Waals surface area contributed by atoms with E-state index in [1.54, 1.807) is 0 Å². The third kappa shape index (κ3) is 5.33. The van der Waals surface area contributed by atoms with E-state index in [0.717, 1.165) is 38.9 Å². The highest BCUT2D eigenvalue weighted by atomic mass is 16.7. The Hall–Kier alpha value is -0.860. The first kappa shape index (κ1) is 19.9. The van der Waals surface area contributed by atoms with E-state index in [9.17, 15) is 0 Å². The monoisotopic (exact) mass is 358 g/mol. The van der Waals surface area contributed by atoms with Gasteiger partial charge in [-0.1, -0.05) is 57.2 Å². The predicted octanol–water partition coefficient (Wildman–Crippen LogP) is 6.15. The van der Waals surface area contributed by atoms with Gasteiger partial charge < -0.3 is 9.47 Å². The van der Waals surface area contributed by atoms with Crippen LogP contribution in [0.25, 0.3) is 0 Å². The van der Waals surface area contributed by atoms with E-state index in [-0.39, 0.29) is 6.29 Å². The van der Waals surface area contributed by atoms with Crippen molar-refractivity contribution in [3.8, 4) is 0 Å². The van der Waals surface area contributed by atoms with Crippen molar-refractivity contribution in [1.29, 1.82) is 0 Å². The molecule has 3 aliphatic carbocycles. The maximum Gasteiger partial charge on any atom is 0.160 e. The van der Waals surface area contributed by atoms with E-state index in [2.05, 4.69) is 57.2 Å². The summed E-state index contributed by atoms with van der Waals surface area (Å²) in [5.74, 6) is 3.83. The Morgan fingerprint density at radius 1 is 0.615 bits per heavy atom. The van der Waals surface area contributed by atoms with Gasteiger partial charge in [0.05, 0.1) is 13.2 Å². The molecule has 26 heavy (non-hydrogen) atoms. The molecule has 0 saturated carbocycles. The van der Waals surface area contributed by atoms with Crippen LogP contribution in [0.1, 0.15) is 59.3 Å². The predicted molar refractivity (Wildman–Crippen MR) is 109 cm³/mol. The van der Waals surface area contributed by atoms with Crippen molar-refractivity contribution in [1.82, 2.24) is 0 Å². The standard InChI is InChI=1S/C24H38O2/c1-18-10-4-7-13-21(18)16-25-24(23-15-9-6-12-20(23)3)26-17-22-14-8-5-11-19(22)2/h4-9,18-24H,10-17H2,1-3H3/t18-,19-,20-,21-,22-,23+/m0/s1. The molecule has 0 amide bonds. The first-order valence-corrected chi connectivity index (χ1v) is 10.8. The number of allylic oxidation sites excluding steroid dienone is 6. The minimum atomic E-state index is -0.0498. The first-order chi connectivity index (χ1) is 12.6. The third-order valence-electron chi connectivity index (χ3n) is 6.95. The lowest BCUT2D eigenvalue weighted by molar-refractivity contribution is -0.197. The Morgan fingerprint density at radius 2 is 1.04 bits per heavy atom. The molecule has 0 spiro atoms. The minimum absolute atomic E-state index is 0.0498. The van der Waals surface area contributed by atoms with Gasteiger partial charge in [0.2, 0.25) is 0 Å². The van der Waals surface area contributed by atoms with Gasteiger partial charge in [-0.05, 0) is 68.1 Å². The number of hydrogen-bond donors (Lipinski definition) is 0. The van der Waals surface area contributed by atoms with Gasteiger partial charge >= 0.3 is 0 Å². The quantitative estimate of drug-likeness (QED) is 0.401. The molecule has 0 bridgehead atoms. The lowest BCUT2D eigenvalue weighted by Crippen LogP contribution is -2.36. The fraction of sp³-hybridized carbons (Fsp3) is 0.750. The van der Waals surface area contributed by atoms with Crippen LogP contribution in [0.15, 0.2) is 36.5 Å². The van der Waals surface area contributed by atoms with E-state index >= 15 is 0 Å². The van der Waals surface area contributed by atoms with Crippen LogP contribution >= 0.6 is 0 Å². The summed E-state index contributed by atoms with van der Waals surface area (Å²) >= 11 is 0. The van der Waals surface area contributed by atoms with Crippen LogP contribution in [0.2, 0.25) is 0 Å². The van der Waals surface area contributed by atoms with Crippen molar-refractivity contribution in [2.24, 2.45) is 35.5 Å². The molecule has 3 rings (SSSR count). The summed E-state index contributed by atoms with van der Waals surface area (Å²) in [6.45, 7) is 8.74. The SMILES string of the molecule is C[C@H]1CC=CC[C@H]1COC(OC[C@@H]1CC=CC[C@@H]1C)[C@@H]1CC=CC[C@@H]1C. The molecule has 3 aliphatic rings. The normalized spacial score (nSPS) is 37.4. The minimum Gasteiger partial charge on any atom is -0.352 e. The molecule has 0 N–H and O–H groups in total. The lowest BCUT2D eigenvalue weighted by atomic mass is 9.83. The summed E-state index contributed by atoms with van der Waals surface area (Å²) in [5.41, 5.74) is 0. The second-order valence-corrected chi connectivity index (χ2v) is 8.98. The highest BCUT2D eigenvalue weighted by Gasteiger charge is 2.31. The van der Waals surface area contributed by atoms with Gasteiger partial charge in [-0.3, -0.25) is 0 Å². The van der Waals surface area contributed by atoms with Crippen molar-refractivity contribution in [2.45, 2.75) is 65.6 Å². The summed E-state index contributed by atoms with van der Waals surface area (Å²) in [5, 5.41) is 0. The maximum atomic E-state index is 6.48. The van der Waals surface area contributed by atoms with Gasteiger partial charge in [0.25, 0.3) is 0 Å². The third-order valence-corrected chi connectivity index (χ3v) is 6.95. The van der Waals surface area contributed by atoms with E-state index in [1.807, 2.05) is 0 Å². The Labute approximate surface area is 160 Å². The zero-order valence-electron chi connectivity index (χ0n) is 17.0. The molecule has 0 saturated heterocycles. The fourth-order valence-electron chi connectivity index (χ4n) is 4.56. The molecular weight excluding hydrogens is 320 g/mol. The van der Waals surface area contributed by atoms with Gasteiger partial charge in [0, 0.05) is 5.92 Å². The van der Waals surface area contributed by atoms with Gasteiger partial charge in [0.1, 0.15) is 0 Å². The summed E-state index contributed by atoms with van der Waals surface area (Å²) in [6.07, 6.45) is 20.8. The van der Waals surface area contributed by atoms with E-state index < -0.39 is 0 Å². The van der Waals surface area contributed by atoms with E-state index in [0.29, 0.717) is 35.5 Å². The molecule has 0 heterocycles. The second-order valence-electron chi connectivity index (χ2n) is 8.98. The van der Waals surface area contributed by atoms with Crippen molar-refractivity contribution >= 4 is 0 Å². The van der Waals surface area contributed by atoms with Crippen LogP contribution in [-0.2, 0) is 9.47 Å². The maximum absolute atomic E-state index is 6.48. The average Bonchev–Trinajstić information content (AvgIpc) is 2.65. The Bertz CT molecular complexity index is 474. The van der Waals surface area contributed by atoms with Gasteiger partial charge in [-0.25, -0.2) is 0 Å². The summed E-state index contributed by atoms with van der Waals surface area (Å²) in [7, 11) is 0. The Kier molecular flexibility index (Phi) is 7.57. The van der Waals surface area contributed by atoms with Crippen molar-refractivity contribution < 1.29 is 9.47 Å². The molecule has 0 radical (unpaired) electrons. The fourth-order valence-corrected chi connectivity index (χ4v) is 4.56. The molecule has 6 atom stereocenters. The summed E-state index contributed by atoms with van der Waals surface area (Å²) < 4.78 is 13.0. The molecule has 0 fully saturated rings. The molecule has 0 unspecified atom stereocenters. The van der Waals surface area contributed by atoms with Gasteiger partial charge in [-0.15, -0.1) is 0 Å². The highest BCUT2D eigenvalue weighted by molar-refractivity contribution is 4.96. The molecule has 0 aromatic carbocycles. The van der Waals surface area contributed by atoms with Crippen LogP contribution in [-0.4, -0.2) is 19.5 Å². The van der Waals surface area contributed by atoms with Crippen LogP contribution in [0.4, 0.5) is 0 Å². The zero-order valence-corrected chi connectivity index (χ0v) is 17.0. The topological polar surface area (TPSA) is 18.5 Å². The van der Waals surface area contributed by atoms with Crippen molar-refractivity contribution in [2.75, 3.05) is 13.2 Å².